The number of urea groups is 1. The number of hydrogen-bond acceptors (Lipinski definition) is 5. The summed E-state index contributed by atoms with van der Waals surface area (Å²) >= 11 is 0. The van der Waals surface area contributed by atoms with Crippen LogP contribution in [-0.4, -0.2) is 61.4 Å². The molecule has 0 saturated carbocycles. The van der Waals surface area contributed by atoms with Gasteiger partial charge in [0, 0.05) is 41.4 Å². The minimum Gasteiger partial charge on any atom is -0.495 e. The van der Waals surface area contributed by atoms with E-state index < -0.39 is 11.6 Å². The number of carbonyl (C=O) groups is 3. The van der Waals surface area contributed by atoms with Gasteiger partial charge < -0.3 is 20.3 Å². The molecule has 0 atom stereocenters. The van der Waals surface area contributed by atoms with Crippen LogP contribution in [0.1, 0.15) is 54.3 Å². The van der Waals surface area contributed by atoms with Crippen molar-refractivity contribution in [1.82, 2.24) is 4.90 Å². The molecule has 222 valence electrons. The van der Waals surface area contributed by atoms with Gasteiger partial charge in [-0.05, 0) is 107 Å². The fraction of sp³-hybridized carbons (Fsp3) is 0.364. The minimum absolute atomic E-state index is 0.0466. The van der Waals surface area contributed by atoms with Crippen LogP contribution in [0, 0.1) is 11.7 Å². The number of anilines is 2. The highest BCUT2D eigenvalue weighted by molar-refractivity contribution is 6.07. The Balaban J connectivity index is 1.48. The SMILES string of the molecule is COc1ccccc1N(CCN1CCC(C(=O)c2ccc(F)cc2)CC1)C(=O)c1ccc(N(C(N)=O)C(C)(C)C)cc1. The van der Waals surface area contributed by atoms with Gasteiger partial charge in [-0.2, -0.15) is 0 Å². The third-order valence-electron chi connectivity index (χ3n) is 7.61. The van der Waals surface area contributed by atoms with E-state index in [0.717, 1.165) is 13.1 Å². The predicted molar refractivity (Wildman–Crippen MR) is 163 cm³/mol. The number of rotatable bonds is 9. The summed E-state index contributed by atoms with van der Waals surface area (Å²) in [6.45, 7) is 8.13. The Bertz CT molecular complexity index is 1390. The highest BCUT2D eigenvalue weighted by Crippen LogP contribution is 2.30. The molecule has 2 N–H and O–H groups in total. The van der Waals surface area contributed by atoms with E-state index in [1.54, 1.807) is 48.4 Å². The standard InChI is InChI=1S/C33H39FN4O4/c1-33(2,3)38(32(35)41)27-15-11-25(12-16-27)31(40)37(28-7-5-6-8-29(28)42-4)22-21-36-19-17-24(18-20-36)30(39)23-9-13-26(34)14-10-23/h5-16,24H,17-22H2,1-4H3,(H2,35,41). The number of hydrogen-bond donors (Lipinski definition) is 1. The van der Waals surface area contributed by atoms with E-state index in [2.05, 4.69) is 4.90 Å². The number of Topliss-reactive ketones (excluding diaryl/α,β-unsaturated/α-hetero) is 1. The molecule has 42 heavy (non-hydrogen) atoms. The van der Waals surface area contributed by atoms with Crippen LogP contribution in [-0.2, 0) is 0 Å². The van der Waals surface area contributed by atoms with Crippen LogP contribution in [0.2, 0.25) is 0 Å². The van der Waals surface area contributed by atoms with Crippen LogP contribution in [0.25, 0.3) is 0 Å². The Hall–Kier alpha value is -4.24. The van der Waals surface area contributed by atoms with Crippen molar-refractivity contribution < 1.29 is 23.5 Å². The van der Waals surface area contributed by atoms with E-state index in [-0.39, 0.29) is 23.4 Å². The number of nitrogens with zero attached hydrogens (tertiary/aromatic N) is 3. The molecule has 0 bridgehead atoms. The van der Waals surface area contributed by atoms with Gasteiger partial charge in [0.2, 0.25) is 0 Å². The summed E-state index contributed by atoms with van der Waals surface area (Å²) in [5.41, 5.74) is 7.37. The van der Waals surface area contributed by atoms with Crippen molar-refractivity contribution in [3.63, 3.8) is 0 Å². The second-order valence-corrected chi connectivity index (χ2v) is 11.5. The molecule has 0 aromatic heterocycles. The monoisotopic (exact) mass is 574 g/mol. The number of amides is 3. The average Bonchev–Trinajstić information content (AvgIpc) is 2.97. The first-order chi connectivity index (χ1) is 20.0. The molecule has 1 aliphatic rings. The first-order valence-electron chi connectivity index (χ1n) is 14.2. The number of nitrogens with two attached hydrogens (primary N) is 1. The lowest BCUT2D eigenvalue weighted by Crippen LogP contribution is -2.48. The van der Waals surface area contributed by atoms with Gasteiger partial charge in [0.15, 0.2) is 5.78 Å². The largest absolute Gasteiger partial charge is 0.495 e. The molecule has 0 unspecified atom stereocenters. The van der Waals surface area contributed by atoms with Gasteiger partial charge in [0.1, 0.15) is 11.6 Å². The Kier molecular flexibility index (Phi) is 9.63. The third-order valence-corrected chi connectivity index (χ3v) is 7.61. The molecule has 0 spiro atoms. The number of likely N-dealkylation sites (tertiary alicyclic amines) is 1. The van der Waals surface area contributed by atoms with E-state index in [9.17, 15) is 18.8 Å². The number of para-hydroxylation sites is 2. The van der Waals surface area contributed by atoms with Crippen LogP contribution in [0.5, 0.6) is 5.75 Å². The maximum Gasteiger partial charge on any atom is 0.319 e. The lowest BCUT2D eigenvalue weighted by Gasteiger charge is -2.34. The summed E-state index contributed by atoms with van der Waals surface area (Å²) in [4.78, 5) is 44.4. The molecule has 1 saturated heterocycles. The predicted octanol–water partition coefficient (Wildman–Crippen LogP) is 5.76. The van der Waals surface area contributed by atoms with Crippen molar-refractivity contribution in [2.24, 2.45) is 11.7 Å². The molecule has 9 heteroatoms. The van der Waals surface area contributed by atoms with E-state index >= 15 is 0 Å². The second kappa shape index (κ2) is 13.2. The molecule has 3 aromatic carbocycles. The maximum atomic E-state index is 13.9. The van der Waals surface area contributed by atoms with Gasteiger partial charge in [-0.25, -0.2) is 9.18 Å². The Labute approximate surface area is 246 Å². The molecular formula is C33H39FN4O4. The minimum atomic E-state index is -0.569. The number of piperidine rings is 1. The zero-order chi connectivity index (χ0) is 30.4. The Morgan fingerprint density at radius 3 is 2.10 bits per heavy atom. The topological polar surface area (TPSA) is 96.2 Å². The molecule has 0 radical (unpaired) electrons. The van der Waals surface area contributed by atoms with Crippen molar-refractivity contribution in [3.05, 3.63) is 89.7 Å². The summed E-state index contributed by atoms with van der Waals surface area (Å²) in [6.07, 6.45) is 1.40. The van der Waals surface area contributed by atoms with Crippen molar-refractivity contribution >= 4 is 29.1 Å². The van der Waals surface area contributed by atoms with Gasteiger partial charge in [-0.15, -0.1) is 0 Å². The average molecular weight is 575 g/mol. The summed E-state index contributed by atoms with van der Waals surface area (Å²) in [6, 6.07) is 19.4. The number of primary amides is 1. The number of carbonyl (C=O) groups excluding carboxylic acids is 3. The van der Waals surface area contributed by atoms with Crippen LogP contribution in [0.15, 0.2) is 72.8 Å². The van der Waals surface area contributed by atoms with Gasteiger partial charge in [-0.3, -0.25) is 14.5 Å². The van der Waals surface area contributed by atoms with Gasteiger partial charge in [-0.1, -0.05) is 12.1 Å². The first-order valence-corrected chi connectivity index (χ1v) is 14.2. The van der Waals surface area contributed by atoms with Crippen LogP contribution >= 0.6 is 0 Å². The third kappa shape index (κ3) is 7.15. The lowest BCUT2D eigenvalue weighted by molar-refractivity contribution is 0.0841. The molecule has 1 fully saturated rings. The first kappa shape index (κ1) is 30.7. The maximum absolute atomic E-state index is 13.9. The Morgan fingerprint density at radius 2 is 1.52 bits per heavy atom. The van der Waals surface area contributed by atoms with Crippen molar-refractivity contribution in [2.45, 2.75) is 39.2 Å². The van der Waals surface area contributed by atoms with E-state index in [4.69, 9.17) is 10.5 Å². The fourth-order valence-corrected chi connectivity index (χ4v) is 5.45. The van der Waals surface area contributed by atoms with Crippen LogP contribution < -0.4 is 20.3 Å². The van der Waals surface area contributed by atoms with Crippen LogP contribution in [0.4, 0.5) is 20.6 Å². The number of halogens is 1. The van der Waals surface area contributed by atoms with E-state index in [0.29, 0.717) is 54.2 Å². The second-order valence-electron chi connectivity index (χ2n) is 11.5. The Morgan fingerprint density at radius 1 is 0.929 bits per heavy atom. The molecule has 0 aliphatic carbocycles. The van der Waals surface area contributed by atoms with Crippen molar-refractivity contribution in [2.75, 3.05) is 43.1 Å². The lowest BCUT2D eigenvalue weighted by atomic mass is 9.89. The zero-order valence-electron chi connectivity index (χ0n) is 24.7. The molecule has 8 nitrogen and oxygen atoms in total. The molecule has 3 amide bonds. The highest BCUT2D eigenvalue weighted by atomic mass is 19.1. The van der Waals surface area contributed by atoms with Gasteiger partial charge in [0.05, 0.1) is 12.8 Å². The van der Waals surface area contributed by atoms with Crippen molar-refractivity contribution in [3.8, 4) is 5.75 Å². The summed E-state index contributed by atoms with van der Waals surface area (Å²) in [5.74, 6) is -0.0351. The summed E-state index contributed by atoms with van der Waals surface area (Å²) in [5, 5.41) is 0. The van der Waals surface area contributed by atoms with Crippen molar-refractivity contribution in [1.29, 1.82) is 0 Å². The number of ketones is 1. The number of benzene rings is 3. The summed E-state index contributed by atoms with van der Waals surface area (Å²) in [7, 11) is 1.57. The molecular weight excluding hydrogens is 535 g/mol. The number of methoxy groups -OCH3 is 1. The molecule has 1 heterocycles. The summed E-state index contributed by atoms with van der Waals surface area (Å²) < 4.78 is 18.9. The molecule has 4 rings (SSSR count). The van der Waals surface area contributed by atoms with Gasteiger partial charge in [0.25, 0.3) is 5.91 Å². The van der Waals surface area contributed by atoms with Crippen LogP contribution in [0.3, 0.4) is 0 Å². The highest BCUT2D eigenvalue weighted by Gasteiger charge is 2.29. The normalized spacial score (nSPS) is 14.3. The smallest absolute Gasteiger partial charge is 0.319 e. The molecule has 1 aliphatic heterocycles. The quantitative estimate of drug-likeness (QED) is 0.328. The number of ether oxygens (including phenoxy) is 1. The fourth-order valence-electron chi connectivity index (χ4n) is 5.45. The zero-order valence-corrected chi connectivity index (χ0v) is 24.7. The van der Waals surface area contributed by atoms with Gasteiger partial charge >= 0.3 is 6.03 Å². The van der Waals surface area contributed by atoms with E-state index in [1.807, 2.05) is 45.0 Å². The van der Waals surface area contributed by atoms with E-state index in [1.165, 1.54) is 17.0 Å². The molecule has 3 aromatic rings.